The number of nitro groups is 1. The van der Waals surface area contributed by atoms with E-state index < -0.39 is 4.92 Å². The lowest BCUT2D eigenvalue weighted by Crippen LogP contribution is -1.93. The summed E-state index contributed by atoms with van der Waals surface area (Å²) in [4.78, 5) is 10.4. The Hall–Kier alpha value is -2.93. The van der Waals surface area contributed by atoms with E-state index in [0.717, 1.165) is 11.1 Å². The molecule has 0 fully saturated rings. The van der Waals surface area contributed by atoms with Gasteiger partial charge in [0, 0.05) is 17.7 Å². The van der Waals surface area contributed by atoms with Crippen molar-refractivity contribution in [3.8, 4) is 6.07 Å². The molecule has 0 spiro atoms. The van der Waals surface area contributed by atoms with Gasteiger partial charge in [-0.05, 0) is 24.1 Å². The van der Waals surface area contributed by atoms with Crippen LogP contribution in [0.4, 0.5) is 5.69 Å². The third kappa shape index (κ3) is 2.90. The normalized spacial score (nSPS) is 10.9. The Balaban J connectivity index is 2.53. The highest BCUT2D eigenvalue weighted by molar-refractivity contribution is 5.91. The van der Waals surface area contributed by atoms with Crippen LogP contribution in [0.5, 0.6) is 0 Å². The molecule has 0 aliphatic rings. The average molecular weight is 264 g/mol. The van der Waals surface area contributed by atoms with Crippen LogP contribution in [0.15, 0.2) is 48.5 Å². The molecule has 0 aliphatic carbocycles. The van der Waals surface area contributed by atoms with Crippen molar-refractivity contribution < 1.29 is 4.92 Å². The summed E-state index contributed by atoms with van der Waals surface area (Å²) in [5.74, 6) is 0. The highest BCUT2D eigenvalue weighted by atomic mass is 16.6. The van der Waals surface area contributed by atoms with E-state index in [0.29, 0.717) is 11.1 Å². The monoisotopic (exact) mass is 264 g/mol. The van der Waals surface area contributed by atoms with Gasteiger partial charge in [-0.25, -0.2) is 0 Å². The molecule has 0 radical (unpaired) electrons. The molecule has 0 saturated heterocycles. The summed E-state index contributed by atoms with van der Waals surface area (Å²) < 4.78 is 0. The molecular formula is C16H12N2O2. The van der Waals surface area contributed by atoms with Crippen LogP contribution in [0, 0.1) is 28.4 Å². The number of allylic oxidation sites excluding steroid dienone is 1. The predicted molar refractivity (Wildman–Crippen MR) is 77.8 cm³/mol. The first-order valence-electron chi connectivity index (χ1n) is 6.04. The summed E-state index contributed by atoms with van der Waals surface area (Å²) in [6.07, 6.45) is 1.73. The Kier molecular flexibility index (Phi) is 3.92. The zero-order valence-corrected chi connectivity index (χ0v) is 10.9. The third-order valence-corrected chi connectivity index (χ3v) is 2.95. The first-order chi connectivity index (χ1) is 9.61. The summed E-state index contributed by atoms with van der Waals surface area (Å²) in [5, 5.41) is 20.1. The third-order valence-electron chi connectivity index (χ3n) is 2.95. The van der Waals surface area contributed by atoms with E-state index in [4.69, 9.17) is 0 Å². The average Bonchev–Trinajstić information content (AvgIpc) is 2.46. The number of rotatable bonds is 3. The molecule has 0 amide bonds. The summed E-state index contributed by atoms with van der Waals surface area (Å²) in [5.41, 5.74) is 2.71. The molecule has 0 unspecified atom stereocenters. The zero-order valence-electron chi connectivity index (χ0n) is 10.9. The molecule has 2 aromatic carbocycles. The number of nitriles is 1. The zero-order chi connectivity index (χ0) is 14.5. The molecule has 2 rings (SSSR count). The van der Waals surface area contributed by atoms with Crippen molar-refractivity contribution in [2.45, 2.75) is 6.92 Å². The molecule has 0 bridgehead atoms. The second-order valence-electron chi connectivity index (χ2n) is 4.34. The summed E-state index contributed by atoms with van der Waals surface area (Å²) in [7, 11) is 0. The summed E-state index contributed by atoms with van der Waals surface area (Å²) in [6, 6.07) is 16.0. The van der Waals surface area contributed by atoms with E-state index in [1.807, 2.05) is 37.3 Å². The molecule has 0 aromatic heterocycles. The lowest BCUT2D eigenvalue weighted by molar-refractivity contribution is -0.384. The largest absolute Gasteiger partial charge is 0.270 e. The smallest absolute Gasteiger partial charge is 0.258 e. The Bertz CT molecular complexity index is 713. The van der Waals surface area contributed by atoms with Crippen LogP contribution >= 0.6 is 0 Å². The maximum atomic E-state index is 10.8. The second-order valence-corrected chi connectivity index (χ2v) is 4.34. The summed E-state index contributed by atoms with van der Waals surface area (Å²) in [6.45, 7) is 1.83. The Labute approximate surface area is 116 Å². The van der Waals surface area contributed by atoms with Crippen LogP contribution < -0.4 is 0 Å². The van der Waals surface area contributed by atoms with Gasteiger partial charge in [0.1, 0.15) is 0 Å². The van der Waals surface area contributed by atoms with Gasteiger partial charge in [0.25, 0.3) is 5.69 Å². The quantitative estimate of drug-likeness (QED) is 0.364. The van der Waals surface area contributed by atoms with Crippen molar-refractivity contribution in [2.75, 3.05) is 0 Å². The fraction of sp³-hybridized carbons (Fsp3) is 0.0625. The van der Waals surface area contributed by atoms with E-state index in [-0.39, 0.29) is 5.69 Å². The molecule has 2 aromatic rings. The first kappa shape index (κ1) is 13.5. The van der Waals surface area contributed by atoms with E-state index >= 15 is 0 Å². The van der Waals surface area contributed by atoms with Gasteiger partial charge in [0.15, 0.2) is 0 Å². The fourth-order valence-electron chi connectivity index (χ4n) is 1.90. The first-order valence-corrected chi connectivity index (χ1v) is 6.04. The topological polar surface area (TPSA) is 66.9 Å². The molecule has 98 valence electrons. The number of non-ortho nitro benzene ring substituents is 1. The van der Waals surface area contributed by atoms with Crippen LogP contribution in [0.25, 0.3) is 11.6 Å². The summed E-state index contributed by atoms with van der Waals surface area (Å²) >= 11 is 0. The van der Waals surface area contributed by atoms with Crippen molar-refractivity contribution in [3.05, 3.63) is 75.3 Å². The van der Waals surface area contributed by atoms with Crippen LogP contribution in [-0.4, -0.2) is 4.92 Å². The van der Waals surface area contributed by atoms with E-state index in [9.17, 15) is 15.4 Å². The lowest BCUT2D eigenvalue weighted by atomic mass is 9.99. The number of nitrogens with zero attached hydrogens (tertiary/aromatic N) is 2. The van der Waals surface area contributed by atoms with Gasteiger partial charge in [-0.2, -0.15) is 5.26 Å². The number of hydrogen-bond acceptors (Lipinski definition) is 3. The van der Waals surface area contributed by atoms with Crippen LogP contribution in [-0.2, 0) is 0 Å². The maximum Gasteiger partial charge on any atom is 0.270 e. The molecule has 0 aliphatic heterocycles. The minimum Gasteiger partial charge on any atom is -0.258 e. The molecular weight excluding hydrogens is 252 g/mol. The van der Waals surface area contributed by atoms with Crippen molar-refractivity contribution >= 4 is 17.3 Å². The lowest BCUT2D eigenvalue weighted by Gasteiger charge is -2.04. The highest BCUT2D eigenvalue weighted by Crippen LogP contribution is 2.25. The Morgan fingerprint density at radius 2 is 1.95 bits per heavy atom. The van der Waals surface area contributed by atoms with E-state index in [1.54, 1.807) is 12.1 Å². The van der Waals surface area contributed by atoms with Gasteiger partial charge in [-0.3, -0.25) is 10.1 Å². The van der Waals surface area contributed by atoms with Crippen LogP contribution in [0.1, 0.15) is 16.7 Å². The van der Waals surface area contributed by atoms with Gasteiger partial charge in [0.05, 0.1) is 16.6 Å². The molecule has 4 nitrogen and oxygen atoms in total. The SMILES string of the molecule is Cc1ccc([N+](=O)[O-])cc1C(C#N)=Cc1ccccc1. The molecule has 4 heteroatoms. The number of nitro benzene ring substituents is 1. The van der Waals surface area contributed by atoms with Crippen molar-refractivity contribution in [2.24, 2.45) is 0 Å². The van der Waals surface area contributed by atoms with Gasteiger partial charge in [-0.15, -0.1) is 0 Å². The minimum atomic E-state index is -0.458. The van der Waals surface area contributed by atoms with Gasteiger partial charge < -0.3 is 0 Å². The Morgan fingerprint density at radius 1 is 1.25 bits per heavy atom. The molecule has 20 heavy (non-hydrogen) atoms. The second kappa shape index (κ2) is 5.81. The molecule has 0 N–H and O–H groups in total. The van der Waals surface area contributed by atoms with E-state index in [1.165, 1.54) is 12.1 Å². The fourth-order valence-corrected chi connectivity index (χ4v) is 1.90. The van der Waals surface area contributed by atoms with Crippen molar-refractivity contribution in [1.29, 1.82) is 5.26 Å². The van der Waals surface area contributed by atoms with Gasteiger partial charge in [-0.1, -0.05) is 36.4 Å². The number of benzene rings is 2. The van der Waals surface area contributed by atoms with Crippen LogP contribution in [0.3, 0.4) is 0 Å². The van der Waals surface area contributed by atoms with Crippen molar-refractivity contribution in [1.82, 2.24) is 0 Å². The van der Waals surface area contributed by atoms with Crippen LogP contribution in [0.2, 0.25) is 0 Å². The molecule has 0 heterocycles. The van der Waals surface area contributed by atoms with Gasteiger partial charge >= 0.3 is 0 Å². The Morgan fingerprint density at radius 3 is 2.55 bits per heavy atom. The molecule has 0 saturated carbocycles. The predicted octanol–water partition coefficient (Wildman–Crippen LogP) is 3.97. The number of aryl methyl sites for hydroxylation is 1. The number of hydrogen-bond donors (Lipinski definition) is 0. The standard InChI is InChI=1S/C16H12N2O2/c1-12-7-8-15(18(19)20)10-16(12)14(11-17)9-13-5-3-2-4-6-13/h2-10H,1H3. The molecule has 0 atom stereocenters. The highest BCUT2D eigenvalue weighted by Gasteiger charge is 2.11. The van der Waals surface area contributed by atoms with Gasteiger partial charge in [0.2, 0.25) is 0 Å². The van der Waals surface area contributed by atoms with Crippen molar-refractivity contribution in [3.63, 3.8) is 0 Å². The van der Waals surface area contributed by atoms with E-state index in [2.05, 4.69) is 6.07 Å². The minimum absolute atomic E-state index is 0.0141. The maximum absolute atomic E-state index is 10.8.